The summed E-state index contributed by atoms with van der Waals surface area (Å²) in [7, 11) is 0. The molecule has 0 N–H and O–H groups in total. The van der Waals surface area contributed by atoms with Crippen molar-refractivity contribution in [2.24, 2.45) is 0 Å². The van der Waals surface area contributed by atoms with Crippen LogP contribution in [0.4, 0.5) is 0 Å². The zero-order valence-corrected chi connectivity index (χ0v) is 11.5. The largest absolute Gasteiger partial charge is 0.373 e. The van der Waals surface area contributed by atoms with Crippen LogP contribution in [0.3, 0.4) is 0 Å². The second-order valence-electron chi connectivity index (χ2n) is 5.01. The van der Waals surface area contributed by atoms with Crippen LogP contribution in [0.5, 0.6) is 0 Å². The standard InChI is InChI=1S/C16H24O2/c1-3-5-6-15-11-18-16(12-17-15)14-9-7-13(4-2)8-10-14/h7-10,15-16H,3-6,11-12H2,1-2H3/t15-,16-/m0/s1. The van der Waals surface area contributed by atoms with Crippen LogP contribution in [0.1, 0.15) is 50.3 Å². The summed E-state index contributed by atoms with van der Waals surface area (Å²) < 4.78 is 11.8. The summed E-state index contributed by atoms with van der Waals surface area (Å²) in [6.45, 7) is 5.81. The Labute approximate surface area is 110 Å². The quantitative estimate of drug-likeness (QED) is 0.787. The van der Waals surface area contributed by atoms with Crippen molar-refractivity contribution in [3.05, 3.63) is 35.4 Å². The lowest BCUT2D eigenvalue weighted by Gasteiger charge is -2.30. The van der Waals surface area contributed by atoms with E-state index in [2.05, 4.69) is 38.1 Å². The number of hydrogen-bond acceptors (Lipinski definition) is 2. The Morgan fingerprint density at radius 2 is 1.83 bits per heavy atom. The van der Waals surface area contributed by atoms with Gasteiger partial charge in [0.1, 0.15) is 6.10 Å². The second-order valence-corrected chi connectivity index (χ2v) is 5.01. The van der Waals surface area contributed by atoms with Crippen molar-refractivity contribution in [2.75, 3.05) is 13.2 Å². The van der Waals surface area contributed by atoms with E-state index >= 15 is 0 Å². The van der Waals surface area contributed by atoms with E-state index in [0.717, 1.165) is 19.4 Å². The zero-order valence-electron chi connectivity index (χ0n) is 11.5. The SMILES string of the molecule is CCCC[C@H]1CO[C@H](c2ccc(CC)cc2)CO1. The molecule has 1 aromatic carbocycles. The summed E-state index contributed by atoms with van der Waals surface area (Å²) in [4.78, 5) is 0. The first-order chi connectivity index (χ1) is 8.83. The maximum Gasteiger partial charge on any atom is 0.106 e. The third-order valence-electron chi connectivity index (χ3n) is 3.61. The Hall–Kier alpha value is -0.860. The van der Waals surface area contributed by atoms with Crippen LogP contribution in [0, 0.1) is 0 Å². The molecule has 1 heterocycles. The summed E-state index contributed by atoms with van der Waals surface area (Å²) in [5.74, 6) is 0. The first-order valence-electron chi connectivity index (χ1n) is 7.15. The molecule has 0 saturated carbocycles. The normalized spacial score (nSPS) is 24.1. The lowest BCUT2D eigenvalue weighted by molar-refractivity contribution is -0.137. The van der Waals surface area contributed by atoms with Gasteiger partial charge in [0.05, 0.1) is 19.3 Å². The van der Waals surface area contributed by atoms with Gasteiger partial charge in [0.2, 0.25) is 0 Å². The van der Waals surface area contributed by atoms with E-state index in [4.69, 9.17) is 9.47 Å². The van der Waals surface area contributed by atoms with Crippen LogP contribution in [0.15, 0.2) is 24.3 Å². The van der Waals surface area contributed by atoms with Gasteiger partial charge in [0, 0.05) is 0 Å². The summed E-state index contributed by atoms with van der Waals surface area (Å²) in [5.41, 5.74) is 2.61. The Morgan fingerprint density at radius 3 is 2.39 bits per heavy atom. The van der Waals surface area contributed by atoms with Crippen LogP contribution in [0.25, 0.3) is 0 Å². The monoisotopic (exact) mass is 248 g/mol. The van der Waals surface area contributed by atoms with Gasteiger partial charge < -0.3 is 9.47 Å². The second kappa shape index (κ2) is 6.91. The van der Waals surface area contributed by atoms with Gasteiger partial charge in [0.15, 0.2) is 0 Å². The lowest BCUT2D eigenvalue weighted by atomic mass is 10.0. The van der Waals surface area contributed by atoms with Gasteiger partial charge >= 0.3 is 0 Å². The van der Waals surface area contributed by atoms with Crippen molar-refractivity contribution in [1.82, 2.24) is 0 Å². The molecule has 0 unspecified atom stereocenters. The van der Waals surface area contributed by atoms with Gasteiger partial charge in [-0.15, -0.1) is 0 Å². The van der Waals surface area contributed by atoms with Crippen molar-refractivity contribution < 1.29 is 9.47 Å². The lowest BCUT2D eigenvalue weighted by Crippen LogP contribution is -2.31. The van der Waals surface area contributed by atoms with Crippen LogP contribution >= 0.6 is 0 Å². The molecule has 1 fully saturated rings. The molecule has 1 saturated heterocycles. The highest BCUT2D eigenvalue weighted by molar-refractivity contribution is 5.24. The van der Waals surface area contributed by atoms with Gasteiger partial charge in [-0.25, -0.2) is 0 Å². The van der Waals surface area contributed by atoms with Crippen LogP contribution in [0.2, 0.25) is 0 Å². The highest BCUT2D eigenvalue weighted by Gasteiger charge is 2.22. The van der Waals surface area contributed by atoms with Crippen molar-refractivity contribution in [2.45, 2.75) is 51.7 Å². The first-order valence-corrected chi connectivity index (χ1v) is 7.15. The smallest absolute Gasteiger partial charge is 0.106 e. The molecule has 0 amide bonds. The van der Waals surface area contributed by atoms with E-state index in [1.807, 2.05) is 0 Å². The molecule has 2 heteroatoms. The number of ether oxygens (including phenoxy) is 2. The molecule has 1 aliphatic rings. The van der Waals surface area contributed by atoms with E-state index in [9.17, 15) is 0 Å². The summed E-state index contributed by atoms with van der Waals surface area (Å²) in [6.07, 6.45) is 5.08. The van der Waals surface area contributed by atoms with Gasteiger partial charge in [-0.2, -0.15) is 0 Å². The number of rotatable bonds is 5. The molecule has 1 aliphatic heterocycles. The van der Waals surface area contributed by atoms with Gasteiger partial charge in [-0.1, -0.05) is 51.0 Å². The maximum absolute atomic E-state index is 5.92. The van der Waals surface area contributed by atoms with Gasteiger partial charge in [-0.05, 0) is 24.0 Å². The average Bonchev–Trinajstić information content (AvgIpc) is 2.46. The maximum atomic E-state index is 5.92. The Balaban J connectivity index is 1.84. The third kappa shape index (κ3) is 3.56. The molecule has 0 aliphatic carbocycles. The summed E-state index contributed by atoms with van der Waals surface area (Å²) in [6, 6.07) is 8.70. The van der Waals surface area contributed by atoms with Crippen molar-refractivity contribution >= 4 is 0 Å². The van der Waals surface area contributed by atoms with E-state index < -0.39 is 0 Å². The zero-order chi connectivity index (χ0) is 12.8. The van der Waals surface area contributed by atoms with E-state index in [-0.39, 0.29) is 6.10 Å². The number of unbranched alkanes of at least 4 members (excludes halogenated alkanes) is 1. The molecule has 2 rings (SSSR count). The Bertz CT molecular complexity index is 337. The Kier molecular flexibility index (Phi) is 5.21. The first kappa shape index (κ1) is 13.6. The highest BCUT2D eigenvalue weighted by atomic mass is 16.6. The molecule has 100 valence electrons. The fourth-order valence-electron chi connectivity index (χ4n) is 2.30. The topological polar surface area (TPSA) is 18.5 Å². The molecular weight excluding hydrogens is 224 g/mol. The molecule has 0 bridgehead atoms. The predicted octanol–water partition coefficient (Wildman–Crippen LogP) is 3.90. The van der Waals surface area contributed by atoms with E-state index in [1.165, 1.54) is 24.0 Å². The molecule has 0 spiro atoms. The van der Waals surface area contributed by atoms with Crippen LogP contribution in [-0.2, 0) is 15.9 Å². The predicted molar refractivity (Wildman–Crippen MR) is 73.8 cm³/mol. The van der Waals surface area contributed by atoms with Crippen molar-refractivity contribution in [1.29, 1.82) is 0 Å². The fourth-order valence-corrected chi connectivity index (χ4v) is 2.30. The number of aryl methyl sites for hydroxylation is 1. The molecule has 18 heavy (non-hydrogen) atoms. The Morgan fingerprint density at radius 1 is 1.06 bits per heavy atom. The minimum absolute atomic E-state index is 0.119. The van der Waals surface area contributed by atoms with Crippen LogP contribution in [-0.4, -0.2) is 19.3 Å². The fraction of sp³-hybridized carbons (Fsp3) is 0.625. The molecule has 2 atom stereocenters. The van der Waals surface area contributed by atoms with Crippen molar-refractivity contribution in [3.8, 4) is 0 Å². The average molecular weight is 248 g/mol. The minimum atomic E-state index is 0.119. The van der Waals surface area contributed by atoms with Gasteiger partial charge in [0.25, 0.3) is 0 Å². The minimum Gasteiger partial charge on any atom is -0.373 e. The van der Waals surface area contributed by atoms with E-state index in [0.29, 0.717) is 12.7 Å². The molecular formula is C16H24O2. The third-order valence-corrected chi connectivity index (χ3v) is 3.61. The van der Waals surface area contributed by atoms with Gasteiger partial charge in [-0.3, -0.25) is 0 Å². The molecule has 0 radical (unpaired) electrons. The van der Waals surface area contributed by atoms with Crippen molar-refractivity contribution in [3.63, 3.8) is 0 Å². The summed E-state index contributed by atoms with van der Waals surface area (Å²) in [5, 5.41) is 0. The molecule has 0 aromatic heterocycles. The molecule has 2 nitrogen and oxygen atoms in total. The summed E-state index contributed by atoms with van der Waals surface area (Å²) >= 11 is 0. The molecule has 1 aromatic rings. The highest BCUT2D eigenvalue weighted by Crippen LogP contribution is 2.24. The van der Waals surface area contributed by atoms with Crippen LogP contribution < -0.4 is 0 Å². The van der Waals surface area contributed by atoms with E-state index in [1.54, 1.807) is 0 Å². The number of hydrogen-bond donors (Lipinski definition) is 0. The number of benzene rings is 1.